The van der Waals surface area contributed by atoms with Crippen molar-refractivity contribution < 1.29 is 4.42 Å². The zero-order valence-electron chi connectivity index (χ0n) is 29.4. The van der Waals surface area contributed by atoms with Crippen molar-refractivity contribution in [1.29, 1.82) is 0 Å². The molecule has 0 N–H and O–H groups in total. The highest BCUT2D eigenvalue weighted by Crippen LogP contribution is 2.45. The highest BCUT2D eigenvalue weighted by molar-refractivity contribution is 6.16. The number of hydrogen-bond acceptors (Lipinski definition) is 2. The first-order chi connectivity index (χ1) is 26.8. The lowest BCUT2D eigenvalue weighted by atomic mass is 9.97. The van der Waals surface area contributed by atoms with Gasteiger partial charge in [0.05, 0.1) is 5.69 Å². The van der Waals surface area contributed by atoms with Crippen LogP contribution in [0.25, 0.3) is 87.3 Å². The van der Waals surface area contributed by atoms with Crippen LogP contribution in [0.15, 0.2) is 205 Å². The Hall–Kier alpha value is -7.16. The van der Waals surface area contributed by atoms with Crippen LogP contribution in [0.4, 0.5) is 17.1 Å². The fourth-order valence-corrected chi connectivity index (χ4v) is 8.47. The first-order valence-corrected chi connectivity index (χ1v) is 18.5. The van der Waals surface area contributed by atoms with Crippen LogP contribution in [0.1, 0.15) is 0 Å². The Labute approximate surface area is 312 Å². The average Bonchev–Trinajstić information content (AvgIpc) is 3.64. The van der Waals surface area contributed by atoms with Crippen LogP contribution in [0.3, 0.4) is 0 Å². The third-order valence-electron chi connectivity index (χ3n) is 11.0. The van der Waals surface area contributed by atoms with Gasteiger partial charge in [0.1, 0.15) is 11.2 Å². The van der Waals surface area contributed by atoms with Gasteiger partial charge in [0, 0.05) is 38.7 Å². The summed E-state index contributed by atoms with van der Waals surface area (Å²) < 4.78 is 6.79. The van der Waals surface area contributed by atoms with Crippen molar-refractivity contribution in [2.75, 3.05) is 4.90 Å². The van der Waals surface area contributed by atoms with Crippen LogP contribution in [0.5, 0.6) is 0 Å². The van der Waals surface area contributed by atoms with Crippen molar-refractivity contribution in [3.05, 3.63) is 200 Å². The molecule has 0 aliphatic carbocycles. The largest absolute Gasteiger partial charge is 0.455 e. The van der Waals surface area contributed by atoms with E-state index in [0.717, 1.165) is 61.3 Å². The third-order valence-corrected chi connectivity index (χ3v) is 11.0. The second-order valence-corrected chi connectivity index (χ2v) is 14.1. The number of hydrogen-bond donors (Lipinski definition) is 0. The van der Waals surface area contributed by atoms with E-state index >= 15 is 0 Å². The molecule has 0 radical (unpaired) electrons. The van der Waals surface area contributed by atoms with E-state index in [1.165, 1.54) is 43.1 Å². The van der Waals surface area contributed by atoms with Crippen molar-refractivity contribution >= 4 is 82.1 Å². The molecule has 0 saturated heterocycles. The molecule has 0 unspecified atom stereocenters. The predicted molar refractivity (Wildman–Crippen MR) is 229 cm³/mol. The van der Waals surface area contributed by atoms with Crippen LogP contribution < -0.4 is 4.90 Å². The summed E-state index contributed by atoms with van der Waals surface area (Å²) in [6.45, 7) is 0. The molecule has 0 atom stereocenters. The monoisotopic (exact) mass is 687 g/mol. The molecule has 11 rings (SSSR count). The van der Waals surface area contributed by atoms with Crippen molar-refractivity contribution in [3.63, 3.8) is 0 Å². The topological polar surface area (TPSA) is 16.4 Å². The second kappa shape index (κ2) is 12.2. The van der Waals surface area contributed by atoms with E-state index in [1.54, 1.807) is 0 Å². The smallest absolute Gasteiger partial charge is 0.143 e. The van der Waals surface area contributed by atoms with Gasteiger partial charge in [-0.1, -0.05) is 170 Å². The molecule has 1 heterocycles. The summed E-state index contributed by atoms with van der Waals surface area (Å²) in [5, 5.41) is 12.2. The van der Waals surface area contributed by atoms with Gasteiger partial charge in [0.2, 0.25) is 0 Å². The van der Waals surface area contributed by atoms with Gasteiger partial charge < -0.3 is 9.32 Å². The molecule has 0 saturated carbocycles. The SMILES string of the molecule is c1ccc(-c2cccc3c2oc2c(-c4ccc(N(c5ccc6c(ccc7ccccc76)c5)c5cc6ccccc6c6ccccc56)cc4)cccc23)cc1. The Morgan fingerprint density at radius 3 is 1.52 bits per heavy atom. The minimum absolute atomic E-state index is 0.905. The van der Waals surface area contributed by atoms with E-state index in [0.29, 0.717) is 0 Å². The molecule has 0 amide bonds. The highest BCUT2D eigenvalue weighted by Gasteiger charge is 2.20. The molecule has 10 aromatic carbocycles. The number of rotatable bonds is 5. The Morgan fingerprint density at radius 1 is 0.296 bits per heavy atom. The molecule has 1 aromatic heterocycles. The van der Waals surface area contributed by atoms with Crippen molar-refractivity contribution in [2.45, 2.75) is 0 Å². The number of fused-ring (bicyclic) bond motifs is 9. The van der Waals surface area contributed by atoms with Crippen LogP contribution in [0.2, 0.25) is 0 Å². The van der Waals surface area contributed by atoms with Gasteiger partial charge >= 0.3 is 0 Å². The zero-order valence-corrected chi connectivity index (χ0v) is 29.4. The van der Waals surface area contributed by atoms with Crippen molar-refractivity contribution in [3.8, 4) is 22.3 Å². The molecular weight excluding hydrogens is 655 g/mol. The van der Waals surface area contributed by atoms with Gasteiger partial charge in [-0.3, -0.25) is 0 Å². The molecule has 2 nitrogen and oxygen atoms in total. The summed E-state index contributed by atoms with van der Waals surface area (Å²) in [5.74, 6) is 0. The minimum atomic E-state index is 0.905. The normalized spacial score (nSPS) is 11.7. The summed E-state index contributed by atoms with van der Waals surface area (Å²) >= 11 is 0. The first-order valence-electron chi connectivity index (χ1n) is 18.5. The summed E-state index contributed by atoms with van der Waals surface area (Å²) in [4.78, 5) is 2.42. The third kappa shape index (κ3) is 4.81. The van der Waals surface area contributed by atoms with E-state index in [1.807, 2.05) is 0 Å². The second-order valence-electron chi connectivity index (χ2n) is 14.1. The summed E-state index contributed by atoms with van der Waals surface area (Å²) in [5.41, 5.74) is 9.60. The first kappa shape index (κ1) is 30.5. The van der Waals surface area contributed by atoms with Gasteiger partial charge in [0.15, 0.2) is 0 Å². The Balaban J connectivity index is 1.10. The lowest BCUT2D eigenvalue weighted by Crippen LogP contribution is -2.10. The van der Waals surface area contributed by atoms with Crippen LogP contribution in [-0.2, 0) is 0 Å². The van der Waals surface area contributed by atoms with E-state index in [4.69, 9.17) is 4.42 Å². The fraction of sp³-hybridized carbons (Fsp3) is 0. The van der Waals surface area contributed by atoms with Crippen molar-refractivity contribution in [1.82, 2.24) is 0 Å². The average molecular weight is 688 g/mol. The minimum Gasteiger partial charge on any atom is -0.455 e. The van der Waals surface area contributed by atoms with Gasteiger partial charge in [-0.15, -0.1) is 0 Å². The maximum atomic E-state index is 6.79. The maximum absolute atomic E-state index is 6.79. The quantitative estimate of drug-likeness (QED) is 0.168. The lowest BCUT2D eigenvalue weighted by Gasteiger charge is -2.28. The van der Waals surface area contributed by atoms with Gasteiger partial charge in [-0.05, 0) is 79.2 Å². The van der Waals surface area contributed by atoms with Gasteiger partial charge in [-0.25, -0.2) is 0 Å². The summed E-state index contributed by atoms with van der Waals surface area (Å²) in [6, 6.07) is 72.2. The molecular formula is C52H33NO. The molecule has 2 heteroatoms. The molecule has 54 heavy (non-hydrogen) atoms. The number of anilines is 3. The zero-order chi connectivity index (χ0) is 35.6. The van der Waals surface area contributed by atoms with E-state index in [9.17, 15) is 0 Å². The van der Waals surface area contributed by atoms with Gasteiger partial charge in [-0.2, -0.15) is 0 Å². The molecule has 0 aliphatic rings. The molecule has 0 fully saturated rings. The Morgan fingerprint density at radius 2 is 0.796 bits per heavy atom. The standard InChI is InChI=1S/C52H33NO/c1-2-12-34(13-3-1)44-20-10-22-48-49-23-11-21-45(52(49)54-51(44)48)36-26-28-39(29-27-36)53(40-30-31-43-38(32-40)25-24-35-14-4-6-16-41(35)43)50-33-37-15-5-7-17-42(37)46-18-8-9-19-47(46)50/h1-33H. The fourth-order valence-electron chi connectivity index (χ4n) is 8.47. The lowest BCUT2D eigenvalue weighted by molar-refractivity contribution is 0.671. The Kier molecular flexibility index (Phi) is 6.90. The van der Waals surface area contributed by atoms with Gasteiger partial charge in [0.25, 0.3) is 0 Å². The Bertz CT molecular complexity index is 3210. The summed E-state index contributed by atoms with van der Waals surface area (Å²) in [6.07, 6.45) is 0. The maximum Gasteiger partial charge on any atom is 0.143 e. The predicted octanol–water partition coefficient (Wildman–Crippen LogP) is 15.0. The number of benzene rings is 10. The van der Waals surface area contributed by atoms with E-state index < -0.39 is 0 Å². The number of furan rings is 1. The molecule has 252 valence electrons. The van der Waals surface area contributed by atoms with Crippen molar-refractivity contribution in [2.24, 2.45) is 0 Å². The van der Waals surface area contributed by atoms with E-state index in [-0.39, 0.29) is 0 Å². The van der Waals surface area contributed by atoms with Crippen LogP contribution >= 0.6 is 0 Å². The highest BCUT2D eigenvalue weighted by atomic mass is 16.3. The van der Waals surface area contributed by atoms with Crippen LogP contribution in [-0.4, -0.2) is 0 Å². The van der Waals surface area contributed by atoms with Crippen LogP contribution in [0, 0.1) is 0 Å². The molecule has 0 spiro atoms. The van der Waals surface area contributed by atoms with E-state index in [2.05, 4.69) is 205 Å². The molecule has 0 bridgehead atoms. The molecule has 11 aromatic rings. The molecule has 0 aliphatic heterocycles. The number of nitrogens with zero attached hydrogens (tertiary/aromatic N) is 1. The number of para-hydroxylation sites is 2. The summed E-state index contributed by atoms with van der Waals surface area (Å²) in [7, 11) is 0.